The van der Waals surface area contributed by atoms with Gasteiger partial charge in [0.05, 0.1) is 0 Å². The summed E-state index contributed by atoms with van der Waals surface area (Å²) in [6.07, 6.45) is 2.30. The van der Waals surface area contributed by atoms with Gasteiger partial charge in [-0.1, -0.05) is 15.9 Å². The van der Waals surface area contributed by atoms with Crippen molar-refractivity contribution in [2.45, 2.75) is 18.8 Å². The summed E-state index contributed by atoms with van der Waals surface area (Å²) < 4.78 is 5.81. The number of hydrogen-bond acceptors (Lipinski definition) is 2. The van der Waals surface area contributed by atoms with Crippen LogP contribution in [-0.4, -0.2) is 0 Å². The molecule has 11 heavy (non-hydrogen) atoms. The highest BCUT2D eigenvalue weighted by Gasteiger charge is 2.26. The maximum absolute atomic E-state index is 10.8. The Kier molecular flexibility index (Phi) is 1.60. The molecule has 0 radical (unpaired) electrons. The molecule has 0 amide bonds. The summed E-state index contributed by atoms with van der Waals surface area (Å²) in [6.45, 7) is 0. The second-order valence-corrected chi connectivity index (χ2v) is 3.69. The Morgan fingerprint density at radius 1 is 1.45 bits per heavy atom. The third kappa shape index (κ3) is 1.53. The van der Waals surface area contributed by atoms with Crippen LogP contribution >= 0.6 is 15.9 Å². The molecule has 0 spiro atoms. The van der Waals surface area contributed by atoms with Crippen molar-refractivity contribution in [3.63, 3.8) is 0 Å². The van der Waals surface area contributed by atoms with Gasteiger partial charge >= 0.3 is 5.63 Å². The quantitative estimate of drug-likeness (QED) is 0.719. The van der Waals surface area contributed by atoms with Gasteiger partial charge < -0.3 is 4.42 Å². The molecular weight excluding hydrogens is 208 g/mol. The van der Waals surface area contributed by atoms with Crippen molar-refractivity contribution in [2.75, 3.05) is 0 Å². The van der Waals surface area contributed by atoms with Gasteiger partial charge in [-0.2, -0.15) is 0 Å². The van der Waals surface area contributed by atoms with Gasteiger partial charge in [0.2, 0.25) is 0 Å². The van der Waals surface area contributed by atoms with Crippen molar-refractivity contribution in [3.05, 3.63) is 32.8 Å². The lowest BCUT2D eigenvalue weighted by molar-refractivity contribution is 0.460. The van der Waals surface area contributed by atoms with Crippen LogP contribution in [0.25, 0.3) is 0 Å². The van der Waals surface area contributed by atoms with Gasteiger partial charge in [0.25, 0.3) is 0 Å². The van der Waals surface area contributed by atoms with Crippen LogP contribution in [0.15, 0.2) is 25.8 Å². The van der Waals surface area contributed by atoms with Gasteiger partial charge in [-0.3, -0.25) is 0 Å². The van der Waals surface area contributed by atoms with Gasteiger partial charge in [-0.25, -0.2) is 4.79 Å². The van der Waals surface area contributed by atoms with Crippen molar-refractivity contribution in [1.29, 1.82) is 0 Å². The minimum atomic E-state index is -0.263. The SMILES string of the molecule is O=c1cc(Br)cc(C2CC2)o1. The van der Waals surface area contributed by atoms with Crippen LogP contribution in [0.4, 0.5) is 0 Å². The standard InChI is InChI=1S/C8H7BrO2/c9-6-3-7(5-1-2-5)11-8(10)4-6/h3-5H,1-2H2. The maximum atomic E-state index is 10.8. The topological polar surface area (TPSA) is 30.2 Å². The Morgan fingerprint density at radius 2 is 2.18 bits per heavy atom. The Hall–Kier alpha value is -0.570. The molecular formula is C8H7BrO2. The average Bonchev–Trinajstić information content (AvgIpc) is 2.64. The summed E-state index contributed by atoms with van der Waals surface area (Å²) in [6, 6.07) is 3.31. The second-order valence-electron chi connectivity index (χ2n) is 2.77. The fourth-order valence-corrected chi connectivity index (χ4v) is 1.45. The molecule has 0 aliphatic heterocycles. The molecule has 1 aromatic rings. The molecule has 0 unspecified atom stereocenters. The molecule has 2 nitrogen and oxygen atoms in total. The number of halogens is 1. The minimum Gasteiger partial charge on any atom is -0.428 e. The van der Waals surface area contributed by atoms with Crippen molar-refractivity contribution >= 4 is 15.9 Å². The van der Waals surface area contributed by atoms with Crippen molar-refractivity contribution < 1.29 is 4.42 Å². The average molecular weight is 215 g/mol. The molecule has 0 bridgehead atoms. The van der Waals surface area contributed by atoms with Crippen LogP contribution in [0.1, 0.15) is 24.5 Å². The first-order chi connectivity index (χ1) is 5.25. The lowest BCUT2D eigenvalue weighted by atomic mass is 10.3. The fraction of sp³-hybridized carbons (Fsp3) is 0.375. The zero-order valence-corrected chi connectivity index (χ0v) is 7.43. The van der Waals surface area contributed by atoms with Crippen LogP contribution < -0.4 is 5.63 Å². The van der Waals surface area contributed by atoms with E-state index in [2.05, 4.69) is 15.9 Å². The molecule has 0 atom stereocenters. The summed E-state index contributed by atoms with van der Waals surface area (Å²) in [5, 5.41) is 0. The molecule has 0 saturated heterocycles. The summed E-state index contributed by atoms with van der Waals surface area (Å²) >= 11 is 3.25. The molecule has 0 N–H and O–H groups in total. The first-order valence-electron chi connectivity index (χ1n) is 3.56. The zero-order chi connectivity index (χ0) is 7.84. The number of rotatable bonds is 1. The first kappa shape index (κ1) is 7.10. The van der Waals surface area contributed by atoms with Crippen LogP contribution in [0.3, 0.4) is 0 Å². The summed E-state index contributed by atoms with van der Waals surface area (Å²) in [5.41, 5.74) is -0.263. The minimum absolute atomic E-state index is 0.263. The van der Waals surface area contributed by atoms with Gasteiger partial charge in [0.15, 0.2) is 0 Å². The normalized spacial score (nSPS) is 16.8. The Bertz CT molecular complexity index is 325. The molecule has 58 valence electrons. The Labute approximate surface area is 72.4 Å². The Balaban J connectivity index is 2.47. The third-order valence-corrected chi connectivity index (χ3v) is 2.19. The van der Waals surface area contributed by atoms with E-state index in [0.717, 1.165) is 23.1 Å². The lowest BCUT2D eigenvalue weighted by Gasteiger charge is -1.94. The van der Waals surface area contributed by atoms with Crippen LogP contribution in [0.2, 0.25) is 0 Å². The second kappa shape index (κ2) is 2.48. The van der Waals surface area contributed by atoms with Gasteiger partial charge in [0, 0.05) is 16.5 Å². The van der Waals surface area contributed by atoms with Gasteiger partial charge in [0.1, 0.15) is 5.76 Å². The fourth-order valence-electron chi connectivity index (χ4n) is 1.03. The molecule has 1 aromatic heterocycles. The molecule has 0 aromatic carbocycles. The Morgan fingerprint density at radius 3 is 2.73 bits per heavy atom. The smallest absolute Gasteiger partial charge is 0.336 e. The molecule has 1 aliphatic carbocycles. The van der Waals surface area contributed by atoms with E-state index in [4.69, 9.17) is 4.42 Å². The molecule has 1 heterocycles. The van der Waals surface area contributed by atoms with Gasteiger partial charge in [-0.05, 0) is 18.9 Å². The zero-order valence-electron chi connectivity index (χ0n) is 5.84. The van der Waals surface area contributed by atoms with Gasteiger partial charge in [-0.15, -0.1) is 0 Å². The van der Waals surface area contributed by atoms with E-state index < -0.39 is 0 Å². The first-order valence-corrected chi connectivity index (χ1v) is 4.35. The monoisotopic (exact) mass is 214 g/mol. The predicted octanol–water partition coefficient (Wildman–Crippen LogP) is 2.28. The van der Waals surface area contributed by atoms with E-state index in [1.54, 1.807) is 0 Å². The largest absolute Gasteiger partial charge is 0.428 e. The predicted molar refractivity (Wildman–Crippen MR) is 44.7 cm³/mol. The van der Waals surface area contributed by atoms with E-state index in [-0.39, 0.29) is 5.63 Å². The van der Waals surface area contributed by atoms with E-state index >= 15 is 0 Å². The van der Waals surface area contributed by atoms with Crippen LogP contribution in [0, 0.1) is 0 Å². The van der Waals surface area contributed by atoms with E-state index in [1.807, 2.05) is 6.07 Å². The molecule has 3 heteroatoms. The highest BCUT2D eigenvalue weighted by Crippen LogP contribution is 2.39. The molecule has 2 rings (SSSR count). The van der Waals surface area contributed by atoms with Crippen LogP contribution in [-0.2, 0) is 0 Å². The van der Waals surface area contributed by atoms with Crippen molar-refractivity contribution in [3.8, 4) is 0 Å². The van der Waals surface area contributed by atoms with E-state index in [1.165, 1.54) is 6.07 Å². The van der Waals surface area contributed by atoms with Crippen molar-refractivity contribution in [1.82, 2.24) is 0 Å². The molecule has 1 aliphatic rings. The highest BCUT2D eigenvalue weighted by atomic mass is 79.9. The van der Waals surface area contributed by atoms with Crippen molar-refractivity contribution in [2.24, 2.45) is 0 Å². The summed E-state index contributed by atoms with van der Waals surface area (Å²) in [5.74, 6) is 1.32. The van der Waals surface area contributed by atoms with E-state index in [0.29, 0.717) is 5.92 Å². The summed E-state index contributed by atoms with van der Waals surface area (Å²) in [4.78, 5) is 10.8. The number of hydrogen-bond donors (Lipinski definition) is 0. The third-order valence-electron chi connectivity index (χ3n) is 1.73. The highest BCUT2D eigenvalue weighted by molar-refractivity contribution is 9.10. The van der Waals surface area contributed by atoms with Crippen LogP contribution in [0.5, 0.6) is 0 Å². The molecule has 1 fully saturated rings. The maximum Gasteiger partial charge on any atom is 0.336 e. The lowest BCUT2D eigenvalue weighted by Crippen LogP contribution is -1.97. The summed E-state index contributed by atoms with van der Waals surface area (Å²) in [7, 11) is 0. The molecule has 1 saturated carbocycles. The van der Waals surface area contributed by atoms with E-state index in [9.17, 15) is 4.79 Å².